The van der Waals surface area contributed by atoms with Gasteiger partial charge in [0.1, 0.15) is 10.9 Å². The topological polar surface area (TPSA) is 69.3 Å². The van der Waals surface area contributed by atoms with Gasteiger partial charge in [0.25, 0.3) is 0 Å². The number of nitrogens with zero attached hydrogens (tertiary/aromatic N) is 3. The average Bonchev–Trinajstić information content (AvgIpc) is 2.81. The molecule has 0 unspecified atom stereocenters. The monoisotopic (exact) mass is 385 g/mol. The summed E-state index contributed by atoms with van der Waals surface area (Å²) in [4.78, 5) is 16.3. The Bertz CT molecular complexity index is 981. The zero-order valence-corrected chi connectivity index (χ0v) is 13.7. The molecular weight excluding hydrogens is 375 g/mol. The van der Waals surface area contributed by atoms with Crippen molar-refractivity contribution >= 4 is 11.6 Å². The number of ether oxygens (including phenoxy) is 1. The van der Waals surface area contributed by atoms with E-state index in [0.29, 0.717) is 5.56 Å². The van der Waals surface area contributed by atoms with Crippen LogP contribution in [0, 0.1) is 0 Å². The Morgan fingerprint density at radius 1 is 1.19 bits per heavy atom. The third-order valence-corrected chi connectivity index (χ3v) is 3.62. The molecule has 0 fully saturated rings. The lowest BCUT2D eigenvalue weighted by Gasteiger charge is -2.09. The largest absolute Gasteiger partial charge is 0.573 e. The summed E-state index contributed by atoms with van der Waals surface area (Å²) < 4.78 is 42.6. The Kier molecular flexibility index (Phi) is 4.64. The maximum atomic E-state index is 12.5. The van der Waals surface area contributed by atoms with Crippen molar-refractivity contribution in [3.63, 3.8) is 0 Å². The highest BCUT2D eigenvalue weighted by Crippen LogP contribution is 2.24. The lowest BCUT2D eigenvalue weighted by atomic mass is 10.3. The van der Waals surface area contributed by atoms with Gasteiger partial charge in [0, 0.05) is 6.20 Å². The SMILES string of the molecule is O=c1n(Cc2ccnc(Cl)c2)cc(O)n1-c1ccc(OC(F)(F)F)cc1. The van der Waals surface area contributed by atoms with E-state index in [2.05, 4.69) is 9.72 Å². The van der Waals surface area contributed by atoms with Crippen LogP contribution in [0.1, 0.15) is 5.56 Å². The van der Waals surface area contributed by atoms with Crippen LogP contribution in [-0.2, 0) is 6.54 Å². The van der Waals surface area contributed by atoms with Gasteiger partial charge in [0.05, 0.1) is 18.4 Å². The molecule has 2 heterocycles. The first-order valence-corrected chi connectivity index (χ1v) is 7.58. The summed E-state index contributed by atoms with van der Waals surface area (Å²) in [5.41, 5.74) is 0.312. The molecule has 0 radical (unpaired) electrons. The molecule has 2 aromatic heterocycles. The third kappa shape index (κ3) is 3.99. The molecule has 0 saturated carbocycles. The third-order valence-electron chi connectivity index (χ3n) is 3.41. The molecule has 10 heteroatoms. The van der Waals surface area contributed by atoms with Gasteiger partial charge in [-0.2, -0.15) is 0 Å². The van der Waals surface area contributed by atoms with Crippen LogP contribution in [0.2, 0.25) is 5.15 Å². The number of halogens is 4. The zero-order valence-electron chi connectivity index (χ0n) is 12.9. The van der Waals surface area contributed by atoms with Crippen molar-refractivity contribution in [1.82, 2.24) is 14.1 Å². The van der Waals surface area contributed by atoms with Gasteiger partial charge in [-0.05, 0) is 42.0 Å². The minimum atomic E-state index is -4.81. The Balaban J connectivity index is 1.89. The number of aromatic hydroxyl groups is 1. The summed E-state index contributed by atoms with van der Waals surface area (Å²) in [6.07, 6.45) is -2.11. The van der Waals surface area contributed by atoms with Gasteiger partial charge >= 0.3 is 12.1 Å². The van der Waals surface area contributed by atoms with E-state index in [1.807, 2.05) is 0 Å². The van der Waals surface area contributed by atoms with Gasteiger partial charge < -0.3 is 9.84 Å². The molecule has 26 heavy (non-hydrogen) atoms. The van der Waals surface area contributed by atoms with Crippen LogP contribution < -0.4 is 10.4 Å². The first-order valence-electron chi connectivity index (χ1n) is 7.21. The van der Waals surface area contributed by atoms with Gasteiger partial charge in [-0.25, -0.2) is 14.3 Å². The summed E-state index contributed by atoms with van der Waals surface area (Å²) in [7, 11) is 0. The van der Waals surface area contributed by atoms with Crippen LogP contribution in [-0.4, -0.2) is 25.6 Å². The second kappa shape index (κ2) is 6.75. The lowest BCUT2D eigenvalue weighted by Crippen LogP contribution is -2.23. The predicted octanol–water partition coefficient (Wildman–Crippen LogP) is 3.34. The normalized spacial score (nSPS) is 11.5. The molecule has 1 N–H and O–H groups in total. The van der Waals surface area contributed by atoms with Gasteiger partial charge in [0.15, 0.2) is 0 Å². The molecule has 0 atom stereocenters. The number of hydrogen-bond donors (Lipinski definition) is 1. The summed E-state index contributed by atoms with van der Waals surface area (Å²) in [6.45, 7) is 0.136. The van der Waals surface area contributed by atoms with Crippen molar-refractivity contribution in [3.8, 4) is 17.3 Å². The second-order valence-corrected chi connectivity index (χ2v) is 5.65. The molecule has 0 saturated heterocycles. The van der Waals surface area contributed by atoms with Crippen molar-refractivity contribution in [2.24, 2.45) is 0 Å². The molecule has 0 aliphatic rings. The van der Waals surface area contributed by atoms with Crippen LogP contribution in [0.25, 0.3) is 5.69 Å². The quantitative estimate of drug-likeness (QED) is 0.699. The van der Waals surface area contributed by atoms with E-state index >= 15 is 0 Å². The Morgan fingerprint density at radius 2 is 1.88 bits per heavy atom. The van der Waals surface area contributed by atoms with E-state index in [0.717, 1.165) is 16.7 Å². The summed E-state index contributed by atoms with van der Waals surface area (Å²) >= 11 is 5.80. The van der Waals surface area contributed by atoms with Crippen molar-refractivity contribution < 1.29 is 23.0 Å². The Morgan fingerprint density at radius 3 is 2.50 bits per heavy atom. The van der Waals surface area contributed by atoms with E-state index in [1.165, 1.54) is 29.1 Å². The highest BCUT2D eigenvalue weighted by molar-refractivity contribution is 6.29. The van der Waals surface area contributed by atoms with Crippen molar-refractivity contribution in [3.05, 3.63) is 70.0 Å². The van der Waals surface area contributed by atoms with E-state index in [4.69, 9.17) is 11.6 Å². The van der Waals surface area contributed by atoms with Gasteiger partial charge in [-0.15, -0.1) is 13.2 Å². The van der Waals surface area contributed by atoms with Crippen LogP contribution in [0.15, 0.2) is 53.6 Å². The van der Waals surface area contributed by atoms with Crippen molar-refractivity contribution in [1.29, 1.82) is 0 Å². The molecule has 3 aromatic rings. The molecule has 1 aromatic carbocycles. The van der Waals surface area contributed by atoms with E-state index in [-0.39, 0.29) is 23.3 Å². The van der Waals surface area contributed by atoms with Crippen LogP contribution in [0.5, 0.6) is 11.6 Å². The van der Waals surface area contributed by atoms with Gasteiger partial charge in [-0.1, -0.05) is 11.6 Å². The second-order valence-electron chi connectivity index (χ2n) is 5.26. The van der Waals surface area contributed by atoms with Crippen LogP contribution >= 0.6 is 11.6 Å². The minimum Gasteiger partial charge on any atom is -0.493 e. The molecule has 3 rings (SSSR count). The number of pyridine rings is 1. The van der Waals surface area contributed by atoms with E-state index in [9.17, 15) is 23.1 Å². The zero-order chi connectivity index (χ0) is 18.9. The molecule has 0 spiro atoms. The number of hydrogen-bond acceptors (Lipinski definition) is 4. The maximum absolute atomic E-state index is 12.5. The van der Waals surface area contributed by atoms with Crippen molar-refractivity contribution in [2.75, 3.05) is 0 Å². The molecule has 0 amide bonds. The molecule has 6 nitrogen and oxygen atoms in total. The van der Waals surface area contributed by atoms with Crippen LogP contribution in [0.3, 0.4) is 0 Å². The maximum Gasteiger partial charge on any atom is 0.573 e. The average molecular weight is 386 g/mol. The Labute approximate surface area is 149 Å². The Hall–Kier alpha value is -2.94. The number of alkyl halides is 3. The first kappa shape index (κ1) is 17.9. The molecular formula is C16H11ClF3N3O3. The lowest BCUT2D eigenvalue weighted by molar-refractivity contribution is -0.274. The fraction of sp³-hybridized carbons (Fsp3) is 0.125. The molecule has 0 aliphatic heterocycles. The fourth-order valence-electron chi connectivity index (χ4n) is 2.37. The number of rotatable bonds is 4. The van der Waals surface area contributed by atoms with Crippen LogP contribution in [0.4, 0.5) is 13.2 Å². The first-order chi connectivity index (χ1) is 12.2. The molecule has 0 bridgehead atoms. The molecule has 0 aliphatic carbocycles. The summed E-state index contributed by atoms with van der Waals surface area (Å²) in [5.74, 6) is -0.792. The highest BCUT2D eigenvalue weighted by Gasteiger charge is 2.31. The van der Waals surface area contributed by atoms with Crippen molar-refractivity contribution in [2.45, 2.75) is 12.9 Å². The van der Waals surface area contributed by atoms with Gasteiger partial charge in [-0.3, -0.25) is 4.57 Å². The number of aromatic nitrogens is 3. The number of imidazole rings is 1. The summed E-state index contributed by atoms with van der Waals surface area (Å²) in [6, 6.07) is 7.80. The van der Waals surface area contributed by atoms with Gasteiger partial charge in [0.2, 0.25) is 5.88 Å². The highest BCUT2D eigenvalue weighted by atomic mass is 35.5. The standard InChI is InChI=1S/C16H11ClF3N3O3/c17-13-7-10(5-6-21-13)8-22-9-14(24)23(15(22)25)11-1-3-12(4-2-11)26-16(18,19)20/h1-7,9,24H,8H2. The molecule has 136 valence electrons. The fourth-order valence-corrected chi connectivity index (χ4v) is 2.57. The number of benzene rings is 1. The summed E-state index contributed by atoms with van der Waals surface area (Å²) in [5, 5.41) is 10.3. The minimum absolute atomic E-state index is 0.136. The predicted molar refractivity (Wildman–Crippen MR) is 86.7 cm³/mol. The smallest absolute Gasteiger partial charge is 0.493 e. The van der Waals surface area contributed by atoms with E-state index < -0.39 is 17.8 Å². The van der Waals surface area contributed by atoms with E-state index in [1.54, 1.807) is 12.1 Å².